The molecular formula is C17H17Cl2N3O4S. The van der Waals surface area contributed by atoms with E-state index in [2.05, 4.69) is 9.28 Å². The zero-order valence-corrected chi connectivity index (χ0v) is 17.1. The van der Waals surface area contributed by atoms with E-state index in [1.54, 1.807) is 0 Å². The second-order valence-electron chi connectivity index (χ2n) is 5.36. The van der Waals surface area contributed by atoms with Gasteiger partial charge in [0.2, 0.25) is 10.4 Å². The first-order chi connectivity index (χ1) is 12.7. The molecule has 0 N–H and O–H groups in total. The van der Waals surface area contributed by atoms with E-state index in [0.717, 1.165) is 29.9 Å². The quantitative estimate of drug-likeness (QED) is 0.362. The highest BCUT2D eigenvalue weighted by molar-refractivity contribution is 7.80. The Morgan fingerprint density at radius 1 is 1.04 bits per heavy atom. The second-order valence-corrected chi connectivity index (χ2v) is 7.33. The number of hydrogen-bond acceptors (Lipinski definition) is 5. The van der Waals surface area contributed by atoms with E-state index in [4.69, 9.17) is 23.2 Å². The van der Waals surface area contributed by atoms with E-state index in [1.807, 2.05) is 71.9 Å². The second kappa shape index (κ2) is 8.81. The summed E-state index contributed by atoms with van der Waals surface area (Å²) in [7, 11) is 0.260. The van der Waals surface area contributed by atoms with Crippen LogP contribution in [0.25, 0.3) is 22.8 Å². The standard InChI is InChI=1S/C16H14Cl2N3.CH4O4S/c1-20-15(11-7-3-5-9-13(11)17)19-21(2)16(20)12-8-4-6-10-14(12)18;1-5-6(2,3)4/h3-10H,1-2H3;1H3,(H,2,3,4)/q+1;/p-1. The van der Waals surface area contributed by atoms with Crippen LogP contribution in [0.4, 0.5) is 0 Å². The van der Waals surface area contributed by atoms with Crippen molar-refractivity contribution in [3.8, 4) is 22.8 Å². The Morgan fingerprint density at radius 3 is 1.93 bits per heavy atom. The molecule has 27 heavy (non-hydrogen) atoms. The molecule has 0 amide bonds. The molecule has 10 heteroatoms. The molecule has 0 radical (unpaired) electrons. The van der Waals surface area contributed by atoms with Gasteiger partial charge in [0.1, 0.15) is 7.05 Å². The minimum atomic E-state index is -4.41. The van der Waals surface area contributed by atoms with Crippen molar-refractivity contribution in [1.82, 2.24) is 9.67 Å². The lowest BCUT2D eigenvalue weighted by atomic mass is 10.2. The number of benzene rings is 2. The van der Waals surface area contributed by atoms with Gasteiger partial charge in [-0.1, -0.05) is 47.5 Å². The molecule has 1 aromatic heterocycles. The SMILES string of the molecule is COS(=O)(=O)[O-].Cn1c(-c2ccccc2Cl)n[n+](C)c1-c1ccccc1Cl. The predicted molar refractivity (Wildman–Crippen MR) is 102 cm³/mol. The smallest absolute Gasteiger partial charge is 0.312 e. The molecule has 0 aliphatic carbocycles. The number of aromatic nitrogens is 3. The van der Waals surface area contributed by atoms with Crippen LogP contribution in [-0.2, 0) is 28.7 Å². The fraction of sp³-hybridized carbons (Fsp3) is 0.176. The van der Waals surface area contributed by atoms with Crippen LogP contribution in [0.15, 0.2) is 48.5 Å². The highest BCUT2D eigenvalue weighted by Crippen LogP contribution is 2.30. The van der Waals surface area contributed by atoms with Crippen LogP contribution in [0.1, 0.15) is 0 Å². The van der Waals surface area contributed by atoms with Gasteiger partial charge in [0.05, 0.1) is 35.3 Å². The van der Waals surface area contributed by atoms with Crippen LogP contribution in [0.3, 0.4) is 0 Å². The lowest BCUT2D eigenvalue weighted by Crippen LogP contribution is -2.33. The Bertz CT molecular complexity index is 1050. The molecule has 7 nitrogen and oxygen atoms in total. The summed E-state index contributed by atoms with van der Waals surface area (Å²) in [4.78, 5) is 0. The van der Waals surface area contributed by atoms with Crippen LogP contribution in [0, 0.1) is 0 Å². The summed E-state index contributed by atoms with van der Waals surface area (Å²) in [6.07, 6.45) is 0. The molecule has 0 aliphatic rings. The number of halogens is 2. The summed E-state index contributed by atoms with van der Waals surface area (Å²) in [5.74, 6) is 1.73. The maximum atomic E-state index is 9.22. The molecule has 0 spiro atoms. The highest BCUT2D eigenvalue weighted by Gasteiger charge is 2.25. The molecule has 0 unspecified atom stereocenters. The van der Waals surface area contributed by atoms with Crippen LogP contribution in [-0.4, -0.2) is 29.7 Å². The summed E-state index contributed by atoms with van der Waals surface area (Å²) in [6.45, 7) is 0. The molecule has 3 aromatic rings. The van der Waals surface area contributed by atoms with Crippen molar-refractivity contribution in [1.29, 1.82) is 0 Å². The largest absolute Gasteiger partial charge is 0.726 e. The van der Waals surface area contributed by atoms with Crippen molar-refractivity contribution in [3.05, 3.63) is 58.6 Å². The highest BCUT2D eigenvalue weighted by atomic mass is 35.5. The molecular weight excluding hydrogens is 413 g/mol. The van der Waals surface area contributed by atoms with Gasteiger partial charge < -0.3 is 4.55 Å². The minimum Gasteiger partial charge on any atom is -0.726 e. The molecule has 0 fully saturated rings. The van der Waals surface area contributed by atoms with Crippen LogP contribution < -0.4 is 4.68 Å². The van der Waals surface area contributed by atoms with Gasteiger partial charge in [0.15, 0.2) is 0 Å². The van der Waals surface area contributed by atoms with Crippen molar-refractivity contribution in [2.24, 2.45) is 14.1 Å². The van der Waals surface area contributed by atoms with Crippen molar-refractivity contribution in [3.63, 3.8) is 0 Å². The number of nitrogens with zero attached hydrogens (tertiary/aromatic N) is 3. The van der Waals surface area contributed by atoms with Crippen LogP contribution in [0.2, 0.25) is 10.0 Å². The minimum absolute atomic E-state index is 0.678. The molecule has 0 atom stereocenters. The van der Waals surface area contributed by atoms with Gasteiger partial charge in [-0.15, -0.1) is 4.68 Å². The first kappa shape index (κ1) is 21.3. The maximum Gasteiger partial charge on any atom is 0.312 e. The van der Waals surface area contributed by atoms with E-state index in [1.165, 1.54) is 0 Å². The fourth-order valence-electron chi connectivity index (χ4n) is 2.45. The first-order valence-corrected chi connectivity index (χ1v) is 9.69. The van der Waals surface area contributed by atoms with Crippen molar-refractivity contribution in [2.75, 3.05) is 7.11 Å². The maximum absolute atomic E-state index is 9.22. The zero-order chi connectivity index (χ0) is 20.2. The topological polar surface area (TPSA) is 88.1 Å². The summed E-state index contributed by atoms with van der Waals surface area (Å²) in [5, 5.41) is 5.97. The summed E-state index contributed by atoms with van der Waals surface area (Å²) in [6, 6.07) is 15.4. The van der Waals surface area contributed by atoms with E-state index in [9.17, 15) is 13.0 Å². The number of hydrogen-bond donors (Lipinski definition) is 0. The Kier molecular flexibility index (Phi) is 6.96. The van der Waals surface area contributed by atoms with Gasteiger partial charge in [0, 0.05) is 0 Å². The predicted octanol–water partition coefficient (Wildman–Crippen LogP) is 2.98. The average molecular weight is 430 g/mol. The van der Waals surface area contributed by atoms with Crippen LogP contribution >= 0.6 is 23.2 Å². The Balaban J connectivity index is 0.000000380. The Morgan fingerprint density at radius 2 is 1.48 bits per heavy atom. The summed E-state index contributed by atoms with van der Waals surface area (Å²) in [5.41, 5.74) is 1.84. The summed E-state index contributed by atoms with van der Waals surface area (Å²) < 4.78 is 34.8. The van der Waals surface area contributed by atoms with E-state index < -0.39 is 10.4 Å². The van der Waals surface area contributed by atoms with Gasteiger partial charge in [-0.2, -0.15) is 0 Å². The van der Waals surface area contributed by atoms with Crippen molar-refractivity contribution in [2.45, 2.75) is 0 Å². The molecule has 1 heterocycles. The molecule has 0 aliphatic heterocycles. The zero-order valence-electron chi connectivity index (χ0n) is 14.8. The van der Waals surface area contributed by atoms with Gasteiger partial charge >= 0.3 is 5.82 Å². The van der Waals surface area contributed by atoms with Gasteiger partial charge in [0.25, 0.3) is 5.82 Å². The third-order valence-electron chi connectivity index (χ3n) is 3.62. The van der Waals surface area contributed by atoms with Gasteiger partial charge in [-0.05, 0) is 29.4 Å². The van der Waals surface area contributed by atoms with Crippen LogP contribution in [0.5, 0.6) is 0 Å². The number of rotatable bonds is 3. The van der Waals surface area contributed by atoms with E-state index in [-0.39, 0.29) is 0 Å². The van der Waals surface area contributed by atoms with E-state index >= 15 is 0 Å². The number of aryl methyl sites for hydroxylation is 1. The van der Waals surface area contributed by atoms with Crippen molar-refractivity contribution < 1.29 is 21.8 Å². The van der Waals surface area contributed by atoms with Gasteiger partial charge in [-0.3, -0.25) is 4.18 Å². The molecule has 0 saturated heterocycles. The molecule has 144 valence electrons. The third-order valence-corrected chi connectivity index (χ3v) is 4.69. The molecule has 0 bridgehead atoms. The molecule has 0 saturated carbocycles. The lowest BCUT2D eigenvalue weighted by Gasteiger charge is -2.01. The lowest BCUT2D eigenvalue weighted by molar-refractivity contribution is -0.717. The Labute approximate surface area is 167 Å². The first-order valence-electron chi connectivity index (χ1n) is 7.60. The summed E-state index contributed by atoms with van der Waals surface area (Å²) >= 11 is 12.6. The van der Waals surface area contributed by atoms with Crippen molar-refractivity contribution >= 4 is 33.6 Å². The normalized spacial score (nSPS) is 11.0. The van der Waals surface area contributed by atoms with Gasteiger partial charge in [-0.25, -0.2) is 13.0 Å². The van der Waals surface area contributed by atoms with E-state index in [0.29, 0.717) is 10.0 Å². The molecule has 3 rings (SSSR count). The monoisotopic (exact) mass is 429 g/mol. The average Bonchev–Trinajstić information content (AvgIpc) is 2.90. The Hall–Kier alpha value is -1.97. The molecule has 2 aromatic carbocycles. The third kappa shape index (κ3) is 5.27. The fourth-order valence-corrected chi connectivity index (χ4v) is 2.89.